The fourth-order valence-electron chi connectivity index (χ4n) is 2.98. The largest absolute Gasteiger partial charge is 0.433 e. The van der Waals surface area contributed by atoms with Crippen LogP contribution in [0.15, 0.2) is 36.5 Å². The average molecular weight is 366 g/mol. The van der Waals surface area contributed by atoms with E-state index >= 15 is 0 Å². The van der Waals surface area contributed by atoms with Crippen LogP contribution in [0.4, 0.5) is 19.1 Å². The van der Waals surface area contributed by atoms with Crippen LogP contribution in [0.25, 0.3) is 0 Å². The van der Waals surface area contributed by atoms with E-state index in [4.69, 9.17) is 0 Å². The number of nitrogens with one attached hydrogen (secondary N) is 1. The molecule has 0 bridgehead atoms. The summed E-state index contributed by atoms with van der Waals surface area (Å²) < 4.78 is 38.2. The number of hydrogen-bond donors (Lipinski definition) is 2. The number of alkyl halides is 3. The molecule has 1 fully saturated rings. The number of aliphatic hydroxyl groups is 1. The van der Waals surface area contributed by atoms with Crippen LogP contribution in [0.3, 0.4) is 0 Å². The van der Waals surface area contributed by atoms with Gasteiger partial charge in [-0.1, -0.05) is 24.3 Å². The number of piperidine rings is 1. The first-order chi connectivity index (χ1) is 12.4. The third-order valence-corrected chi connectivity index (χ3v) is 4.45. The van der Waals surface area contributed by atoms with Crippen LogP contribution in [0.1, 0.15) is 29.7 Å². The number of benzene rings is 1. The molecule has 1 aliphatic heterocycles. The van der Waals surface area contributed by atoms with Crippen LogP contribution in [0.5, 0.6) is 0 Å². The molecule has 0 saturated carbocycles. The summed E-state index contributed by atoms with van der Waals surface area (Å²) in [5, 5.41) is 12.5. The lowest BCUT2D eigenvalue weighted by Crippen LogP contribution is -2.35. The van der Waals surface area contributed by atoms with Gasteiger partial charge in [-0.25, -0.2) is 9.97 Å². The molecule has 1 aromatic heterocycles. The van der Waals surface area contributed by atoms with Crippen LogP contribution in [0, 0.1) is 0 Å². The van der Waals surface area contributed by atoms with Gasteiger partial charge in [-0.15, -0.1) is 0 Å². The first-order valence-electron chi connectivity index (χ1n) is 8.53. The van der Waals surface area contributed by atoms with Gasteiger partial charge in [-0.05, 0) is 30.0 Å². The Bertz CT molecular complexity index is 730. The van der Waals surface area contributed by atoms with Crippen molar-refractivity contribution in [1.29, 1.82) is 0 Å². The van der Waals surface area contributed by atoms with E-state index in [2.05, 4.69) is 20.2 Å². The number of nitrogens with zero attached hydrogens (tertiary/aromatic N) is 3. The van der Waals surface area contributed by atoms with Gasteiger partial charge in [0.1, 0.15) is 5.69 Å². The smallest absolute Gasteiger partial charge is 0.393 e. The number of halogens is 3. The second-order valence-corrected chi connectivity index (χ2v) is 6.39. The number of anilines is 1. The van der Waals surface area contributed by atoms with Crippen molar-refractivity contribution in [2.75, 3.05) is 18.4 Å². The predicted octanol–water partition coefficient (Wildman–Crippen LogP) is 3.06. The average Bonchev–Trinajstić information content (AvgIpc) is 2.62. The molecule has 5 nitrogen and oxygen atoms in total. The molecule has 1 aliphatic rings. The monoisotopic (exact) mass is 366 g/mol. The van der Waals surface area contributed by atoms with E-state index in [1.54, 1.807) is 0 Å². The molecule has 3 rings (SSSR count). The minimum absolute atomic E-state index is 0.0456. The Labute approximate surface area is 149 Å². The number of rotatable bonds is 5. The summed E-state index contributed by atoms with van der Waals surface area (Å²) in [5.74, 6) is -0.0456. The maximum absolute atomic E-state index is 12.7. The molecule has 8 heteroatoms. The summed E-state index contributed by atoms with van der Waals surface area (Å²) in [6.07, 6.45) is -2.09. The molecule has 2 aromatic rings. The fraction of sp³-hybridized carbons (Fsp3) is 0.444. The molecule has 1 aromatic carbocycles. The Balaban J connectivity index is 1.65. The molecular formula is C18H21F3N4O. The third kappa shape index (κ3) is 4.92. The summed E-state index contributed by atoms with van der Waals surface area (Å²) in [6.45, 7) is 2.75. The van der Waals surface area contributed by atoms with Crippen LogP contribution in [-0.2, 0) is 19.3 Å². The highest BCUT2D eigenvalue weighted by Gasteiger charge is 2.32. The molecule has 0 unspecified atom stereocenters. The minimum Gasteiger partial charge on any atom is -0.393 e. The number of likely N-dealkylation sites (tertiary alicyclic amines) is 1. The van der Waals surface area contributed by atoms with Crippen molar-refractivity contribution in [2.45, 2.75) is 38.2 Å². The lowest BCUT2D eigenvalue weighted by atomic mass is 10.0. The second-order valence-electron chi connectivity index (χ2n) is 6.39. The zero-order chi connectivity index (χ0) is 18.6. The van der Waals surface area contributed by atoms with Gasteiger partial charge >= 0.3 is 6.18 Å². The van der Waals surface area contributed by atoms with Crippen molar-refractivity contribution in [3.8, 4) is 0 Å². The van der Waals surface area contributed by atoms with Gasteiger partial charge < -0.3 is 10.4 Å². The summed E-state index contributed by atoms with van der Waals surface area (Å²) in [4.78, 5) is 9.66. The predicted molar refractivity (Wildman–Crippen MR) is 91.3 cm³/mol. The molecule has 0 spiro atoms. The highest BCUT2D eigenvalue weighted by Crippen LogP contribution is 2.27. The first-order valence-corrected chi connectivity index (χ1v) is 8.53. The standard InChI is InChI=1S/C18H21F3N4O/c19-18(20,21)16-5-8-22-17(24-16)23-11-13-3-1-2-4-14(13)12-25-9-6-15(26)7-10-25/h1-5,8,15,26H,6-7,9-12H2,(H,22,23,24). The maximum atomic E-state index is 12.7. The Hall–Kier alpha value is -2.19. The van der Waals surface area contributed by atoms with Gasteiger partial charge in [0.15, 0.2) is 0 Å². The lowest BCUT2D eigenvalue weighted by Gasteiger charge is -2.30. The third-order valence-electron chi connectivity index (χ3n) is 4.45. The first kappa shape index (κ1) is 18.6. The van der Waals surface area contributed by atoms with E-state index in [1.165, 1.54) is 0 Å². The van der Waals surface area contributed by atoms with Crippen molar-refractivity contribution in [3.05, 3.63) is 53.3 Å². The molecule has 2 heterocycles. The molecule has 1 saturated heterocycles. The van der Waals surface area contributed by atoms with Gasteiger partial charge in [0.25, 0.3) is 0 Å². The molecule has 26 heavy (non-hydrogen) atoms. The number of aromatic nitrogens is 2. The number of hydrogen-bond acceptors (Lipinski definition) is 5. The fourth-order valence-corrected chi connectivity index (χ4v) is 2.98. The highest BCUT2D eigenvalue weighted by molar-refractivity contribution is 5.33. The van der Waals surface area contributed by atoms with E-state index in [0.29, 0.717) is 6.54 Å². The van der Waals surface area contributed by atoms with Gasteiger partial charge in [-0.3, -0.25) is 4.90 Å². The van der Waals surface area contributed by atoms with Crippen molar-refractivity contribution < 1.29 is 18.3 Å². The Morgan fingerprint density at radius 3 is 2.50 bits per heavy atom. The highest BCUT2D eigenvalue weighted by atomic mass is 19.4. The van der Waals surface area contributed by atoms with Crippen molar-refractivity contribution in [1.82, 2.24) is 14.9 Å². The van der Waals surface area contributed by atoms with E-state index in [9.17, 15) is 18.3 Å². The van der Waals surface area contributed by atoms with Crippen molar-refractivity contribution in [3.63, 3.8) is 0 Å². The van der Waals surface area contributed by atoms with E-state index in [0.717, 1.165) is 55.9 Å². The summed E-state index contributed by atoms with van der Waals surface area (Å²) in [6, 6.07) is 8.64. The van der Waals surface area contributed by atoms with Crippen molar-refractivity contribution >= 4 is 5.95 Å². The summed E-state index contributed by atoms with van der Waals surface area (Å²) >= 11 is 0. The van der Waals surface area contributed by atoms with Crippen LogP contribution < -0.4 is 5.32 Å². The van der Waals surface area contributed by atoms with E-state index < -0.39 is 11.9 Å². The molecule has 140 valence electrons. The molecule has 0 amide bonds. The van der Waals surface area contributed by atoms with Crippen LogP contribution >= 0.6 is 0 Å². The van der Waals surface area contributed by atoms with E-state index in [1.807, 2.05) is 24.3 Å². The quantitative estimate of drug-likeness (QED) is 0.852. The Morgan fingerprint density at radius 1 is 1.12 bits per heavy atom. The minimum atomic E-state index is -4.49. The summed E-state index contributed by atoms with van der Waals surface area (Å²) in [7, 11) is 0. The Kier molecular flexibility index (Phi) is 5.73. The summed E-state index contributed by atoms with van der Waals surface area (Å²) in [5.41, 5.74) is 1.12. The maximum Gasteiger partial charge on any atom is 0.433 e. The SMILES string of the molecule is OC1CCN(Cc2ccccc2CNc2nccc(C(F)(F)F)n2)CC1. The molecule has 2 N–H and O–H groups in total. The lowest BCUT2D eigenvalue weighted by molar-refractivity contribution is -0.141. The zero-order valence-corrected chi connectivity index (χ0v) is 14.2. The van der Waals surface area contributed by atoms with Crippen LogP contribution in [-0.4, -0.2) is 39.2 Å². The van der Waals surface area contributed by atoms with E-state index in [-0.39, 0.29) is 12.1 Å². The van der Waals surface area contributed by atoms with Gasteiger partial charge in [0.2, 0.25) is 5.95 Å². The molecular weight excluding hydrogens is 345 g/mol. The number of aliphatic hydroxyl groups excluding tert-OH is 1. The normalized spacial score (nSPS) is 16.6. The van der Waals surface area contributed by atoms with Gasteiger partial charge in [0, 0.05) is 32.4 Å². The van der Waals surface area contributed by atoms with Crippen LogP contribution in [0.2, 0.25) is 0 Å². The molecule has 0 aliphatic carbocycles. The van der Waals surface area contributed by atoms with Gasteiger partial charge in [0.05, 0.1) is 6.10 Å². The van der Waals surface area contributed by atoms with Gasteiger partial charge in [-0.2, -0.15) is 13.2 Å². The molecule has 0 atom stereocenters. The topological polar surface area (TPSA) is 61.3 Å². The van der Waals surface area contributed by atoms with Crippen molar-refractivity contribution in [2.24, 2.45) is 0 Å². The zero-order valence-electron chi connectivity index (χ0n) is 14.2. The molecule has 0 radical (unpaired) electrons. The second kappa shape index (κ2) is 8.01. The Morgan fingerprint density at radius 2 is 1.81 bits per heavy atom.